The molecule has 0 aliphatic heterocycles. The van der Waals surface area contributed by atoms with Gasteiger partial charge in [0.05, 0.1) is 29.9 Å². The van der Waals surface area contributed by atoms with Crippen molar-refractivity contribution in [1.29, 1.82) is 0 Å². The number of carbonyl (C=O) groups excluding carboxylic acids is 1. The summed E-state index contributed by atoms with van der Waals surface area (Å²) in [5.41, 5.74) is 0.197. The van der Waals surface area contributed by atoms with Gasteiger partial charge in [0.1, 0.15) is 11.6 Å². The van der Waals surface area contributed by atoms with Gasteiger partial charge in [-0.3, -0.25) is 9.59 Å². The minimum atomic E-state index is -0.566. The fourth-order valence-electron chi connectivity index (χ4n) is 3.74. The summed E-state index contributed by atoms with van der Waals surface area (Å²) in [6, 6.07) is 14.5. The molecule has 1 amide bonds. The smallest absolute Gasteiger partial charge is 0.282 e. The fraction of sp³-hybridized carbons (Fsp3) is 0.214. The molecule has 1 heterocycles. The maximum atomic E-state index is 13.9. The molecule has 0 bridgehead atoms. The third kappa shape index (κ3) is 6.54. The molecule has 39 heavy (non-hydrogen) atoms. The van der Waals surface area contributed by atoms with Crippen LogP contribution in [0.15, 0.2) is 73.4 Å². The van der Waals surface area contributed by atoms with Crippen LogP contribution in [-0.2, 0) is 10.2 Å². The van der Waals surface area contributed by atoms with Gasteiger partial charge in [-0.2, -0.15) is 9.78 Å². The van der Waals surface area contributed by atoms with E-state index < -0.39 is 23.7 Å². The highest BCUT2D eigenvalue weighted by molar-refractivity contribution is 9.10. The maximum absolute atomic E-state index is 13.9. The molecular weight excluding hydrogens is 635 g/mol. The Kier molecular flexibility index (Phi) is 8.51. The van der Waals surface area contributed by atoms with Crippen molar-refractivity contribution in [3.63, 3.8) is 0 Å². The predicted octanol–water partition coefficient (Wildman–Crippen LogP) is 6.27. The number of nitrogens with zero attached hydrogens (tertiary/aromatic N) is 3. The molecule has 4 aromatic rings. The van der Waals surface area contributed by atoms with E-state index in [2.05, 4.69) is 42.3 Å². The average molecular weight is 660 g/mol. The standard InChI is InChI=1S/C28H25Br2FN4O4/c1-28(2,3)27-34-21-10-9-17(29)12-19(21)26(37)35(27)32-14-16-11-18(30)13-23(38-4)25(16)39-15-24(36)33-22-8-6-5-7-20(22)31/h5-14H,15H2,1-4H3,(H,33,36). The van der Waals surface area contributed by atoms with Gasteiger partial charge in [-0.1, -0.05) is 64.8 Å². The largest absolute Gasteiger partial charge is 0.493 e. The number of methoxy groups -OCH3 is 1. The summed E-state index contributed by atoms with van der Waals surface area (Å²) in [7, 11) is 1.46. The molecular formula is C28H25Br2FN4O4. The lowest BCUT2D eigenvalue weighted by Crippen LogP contribution is -2.29. The summed E-state index contributed by atoms with van der Waals surface area (Å²) in [5.74, 6) is -0.116. The maximum Gasteiger partial charge on any atom is 0.282 e. The lowest BCUT2D eigenvalue weighted by Gasteiger charge is -2.21. The van der Waals surface area contributed by atoms with Crippen LogP contribution >= 0.6 is 31.9 Å². The quantitative estimate of drug-likeness (QED) is 0.236. The van der Waals surface area contributed by atoms with Crippen LogP contribution < -0.4 is 20.3 Å². The van der Waals surface area contributed by atoms with Crippen molar-refractivity contribution in [2.75, 3.05) is 19.0 Å². The normalized spacial score (nSPS) is 11.7. The van der Waals surface area contributed by atoms with Crippen LogP contribution in [0.25, 0.3) is 10.9 Å². The monoisotopic (exact) mass is 658 g/mol. The number of para-hydroxylation sites is 1. The third-order valence-electron chi connectivity index (χ3n) is 5.56. The molecule has 3 aromatic carbocycles. The number of hydrogen-bond donors (Lipinski definition) is 1. The van der Waals surface area contributed by atoms with E-state index >= 15 is 0 Å². The molecule has 1 aromatic heterocycles. The second kappa shape index (κ2) is 11.7. The lowest BCUT2D eigenvalue weighted by molar-refractivity contribution is -0.118. The van der Waals surface area contributed by atoms with Gasteiger partial charge in [-0.05, 0) is 42.5 Å². The fourth-order valence-corrected chi connectivity index (χ4v) is 4.55. The van der Waals surface area contributed by atoms with Crippen LogP contribution in [0.3, 0.4) is 0 Å². The molecule has 0 saturated carbocycles. The highest BCUT2D eigenvalue weighted by Crippen LogP contribution is 2.34. The van der Waals surface area contributed by atoms with Crippen molar-refractivity contribution in [1.82, 2.24) is 9.66 Å². The Morgan fingerprint density at radius 1 is 1.13 bits per heavy atom. The number of amides is 1. The number of carbonyl (C=O) groups is 1. The van der Waals surface area contributed by atoms with Crippen LogP contribution in [0.1, 0.15) is 32.2 Å². The van der Waals surface area contributed by atoms with Crippen molar-refractivity contribution in [2.45, 2.75) is 26.2 Å². The van der Waals surface area contributed by atoms with E-state index in [1.807, 2.05) is 26.8 Å². The minimum absolute atomic E-state index is 0.0418. The highest BCUT2D eigenvalue weighted by Gasteiger charge is 2.23. The number of hydrogen-bond acceptors (Lipinski definition) is 6. The van der Waals surface area contributed by atoms with Crippen molar-refractivity contribution in [3.05, 3.63) is 91.1 Å². The van der Waals surface area contributed by atoms with Crippen molar-refractivity contribution >= 4 is 60.6 Å². The average Bonchev–Trinajstić information content (AvgIpc) is 2.88. The number of halogens is 3. The number of ether oxygens (including phenoxy) is 2. The molecule has 0 atom stereocenters. The number of anilines is 1. The van der Waals surface area contributed by atoms with Gasteiger partial charge in [-0.15, -0.1) is 0 Å². The minimum Gasteiger partial charge on any atom is -0.493 e. The van der Waals surface area contributed by atoms with E-state index in [1.165, 1.54) is 36.2 Å². The van der Waals surface area contributed by atoms with Gasteiger partial charge < -0.3 is 14.8 Å². The number of fused-ring (bicyclic) bond motifs is 1. The second-order valence-electron chi connectivity index (χ2n) is 9.55. The third-order valence-corrected chi connectivity index (χ3v) is 6.51. The first-order chi connectivity index (χ1) is 18.5. The Morgan fingerprint density at radius 3 is 2.56 bits per heavy atom. The van der Waals surface area contributed by atoms with Gasteiger partial charge in [0.25, 0.3) is 11.5 Å². The molecule has 0 radical (unpaired) electrons. The van der Waals surface area contributed by atoms with E-state index in [1.54, 1.807) is 30.3 Å². The molecule has 0 unspecified atom stereocenters. The molecule has 1 N–H and O–H groups in total. The summed E-state index contributed by atoms with van der Waals surface area (Å²) in [4.78, 5) is 30.7. The van der Waals surface area contributed by atoms with Crippen molar-refractivity contribution < 1.29 is 18.7 Å². The second-order valence-corrected chi connectivity index (χ2v) is 11.4. The Morgan fingerprint density at radius 2 is 1.87 bits per heavy atom. The van der Waals surface area contributed by atoms with E-state index in [-0.39, 0.29) is 17.0 Å². The van der Waals surface area contributed by atoms with E-state index in [4.69, 9.17) is 14.5 Å². The molecule has 0 aliphatic carbocycles. The number of benzene rings is 3. The van der Waals surface area contributed by atoms with Gasteiger partial charge in [0.15, 0.2) is 18.1 Å². The topological polar surface area (TPSA) is 94.8 Å². The first-order valence-electron chi connectivity index (χ1n) is 11.8. The van der Waals surface area contributed by atoms with Gasteiger partial charge in [0, 0.05) is 19.9 Å². The van der Waals surface area contributed by atoms with Crippen molar-refractivity contribution in [2.24, 2.45) is 5.10 Å². The molecule has 11 heteroatoms. The van der Waals surface area contributed by atoms with Gasteiger partial charge >= 0.3 is 0 Å². The summed E-state index contributed by atoms with van der Waals surface area (Å²) >= 11 is 6.85. The van der Waals surface area contributed by atoms with Crippen LogP contribution in [0.4, 0.5) is 10.1 Å². The summed E-state index contributed by atoms with van der Waals surface area (Å²) in [6.07, 6.45) is 1.44. The zero-order valence-electron chi connectivity index (χ0n) is 21.6. The number of aromatic nitrogens is 2. The lowest BCUT2D eigenvalue weighted by atomic mass is 9.95. The van der Waals surface area contributed by atoms with E-state index in [0.717, 1.165) is 4.47 Å². The summed E-state index contributed by atoms with van der Waals surface area (Å²) < 4.78 is 27.9. The Bertz CT molecular complexity index is 1650. The zero-order valence-corrected chi connectivity index (χ0v) is 24.8. The molecule has 8 nitrogen and oxygen atoms in total. The highest BCUT2D eigenvalue weighted by atomic mass is 79.9. The Labute approximate surface area is 241 Å². The Balaban J connectivity index is 1.73. The van der Waals surface area contributed by atoms with Crippen molar-refractivity contribution in [3.8, 4) is 11.5 Å². The summed E-state index contributed by atoms with van der Waals surface area (Å²) in [5, 5.41) is 7.39. The predicted molar refractivity (Wildman–Crippen MR) is 157 cm³/mol. The molecule has 0 aliphatic rings. The number of nitrogens with one attached hydrogen (secondary N) is 1. The van der Waals surface area contributed by atoms with Gasteiger partial charge in [-0.25, -0.2) is 9.37 Å². The molecule has 202 valence electrons. The van der Waals surface area contributed by atoms with Gasteiger partial charge in [0.2, 0.25) is 0 Å². The van der Waals surface area contributed by atoms with E-state index in [0.29, 0.717) is 32.5 Å². The first kappa shape index (κ1) is 28.4. The molecule has 0 fully saturated rings. The molecule has 0 saturated heterocycles. The Hall–Kier alpha value is -3.57. The van der Waals surface area contributed by atoms with E-state index in [9.17, 15) is 14.0 Å². The first-order valence-corrected chi connectivity index (χ1v) is 13.4. The van der Waals surface area contributed by atoms with Crippen LogP contribution in [0, 0.1) is 5.82 Å². The van der Waals surface area contributed by atoms with Crippen LogP contribution in [0.5, 0.6) is 11.5 Å². The zero-order chi connectivity index (χ0) is 28.3. The summed E-state index contributed by atoms with van der Waals surface area (Å²) in [6.45, 7) is 5.40. The van der Waals surface area contributed by atoms with Crippen LogP contribution in [0.2, 0.25) is 0 Å². The SMILES string of the molecule is COc1cc(Br)cc(C=Nn2c(C(C)(C)C)nc3ccc(Br)cc3c2=O)c1OCC(=O)Nc1ccccc1F. The molecule has 4 rings (SSSR count). The molecule has 0 spiro atoms. The van der Waals surface area contributed by atoms with Crippen LogP contribution in [-0.4, -0.2) is 35.5 Å². The number of rotatable bonds is 7.